The molecule has 0 saturated heterocycles. The van der Waals surface area contributed by atoms with Crippen LogP contribution in [0.15, 0.2) is 16.5 Å². The summed E-state index contributed by atoms with van der Waals surface area (Å²) in [5.41, 5.74) is 0.0773. The Bertz CT molecular complexity index is 560. The monoisotopic (exact) mass is 293 g/mol. The maximum atomic E-state index is 12.1. The molecule has 1 aromatic heterocycles. The number of carbonyl (C=O) groups is 2. The number of rotatable bonds is 5. The quantitative estimate of drug-likeness (QED) is 0.867. The van der Waals surface area contributed by atoms with Gasteiger partial charge in [-0.05, 0) is 38.3 Å². The highest BCUT2D eigenvalue weighted by atomic mass is 16.5. The van der Waals surface area contributed by atoms with E-state index in [-0.39, 0.29) is 35.0 Å². The van der Waals surface area contributed by atoms with Crippen molar-refractivity contribution in [3.05, 3.63) is 23.7 Å². The van der Waals surface area contributed by atoms with Gasteiger partial charge in [0, 0.05) is 18.1 Å². The van der Waals surface area contributed by atoms with Crippen molar-refractivity contribution < 1.29 is 23.8 Å². The van der Waals surface area contributed by atoms with Crippen molar-refractivity contribution in [2.24, 2.45) is 5.41 Å². The molecule has 0 aliphatic heterocycles. The number of hydrogen-bond acceptors (Lipinski definition) is 4. The van der Waals surface area contributed by atoms with Crippen molar-refractivity contribution in [2.45, 2.75) is 44.8 Å². The Hall–Kier alpha value is -1.82. The zero-order valence-corrected chi connectivity index (χ0v) is 11.9. The third kappa shape index (κ3) is 2.23. The first-order valence-electron chi connectivity index (χ1n) is 7.32. The predicted molar refractivity (Wildman–Crippen MR) is 73.2 cm³/mol. The molecule has 2 atom stereocenters. The Morgan fingerprint density at radius 2 is 2.14 bits per heavy atom. The molecule has 2 saturated carbocycles. The lowest BCUT2D eigenvalue weighted by Crippen LogP contribution is -2.67. The second-order valence-electron chi connectivity index (χ2n) is 5.76. The van der Waals surface area contributed by atoms with E-state index in [1.54, 1.807) is 0 Å². The van der Waals surface area contributed by atoms with E-state index >= 15 is 0 Å². The largest absolute Gasteiger partial charge is 0.475 e. The van der Waals surface area contributed by atoms with Crippen LogP contribution in [0.4, 0.5) is 0 Å². The Morgan fingerprint density at radius 3 is 2.67 bits per heavy atom. The Morgan fingerprint density at radius 1 is 1.43 bits per heavy atom. The summed E-state index contributed by atoms with van der Waals surface area (Å²) in [4.78, 5) is 22.9. The molecule has 1 spiro atoms. The summed E-state index contributed by atoms with van der Waals surface area (Å²) in [5.74, 6) is -1.71. The lowest BCUT2D eigenvalue weighted by atomic mass is 9.51. The first-order chi connectivity index (χ1) is 10.1. The van der Waals surface area contributed by atoms with Gasteiger partial charge in [-0.25, -0.2) is 4.79 Å². The van der Waals surface area contributed by atoms with Gasteiger partial charge >= 0.3 is 5.97 Å². The van der Waals surface area contributed by atoms with Crippen molar-refractivity contribution in [1.82, 2.24) is 5.32 Å². The molecule has 2 aliphatic rings. The molecule has 1 aromatic rings. The molecule has 1 heterocycles. The molecule has 2 N–H and O–H groups in total. The van der Waals surface area contributed by atoms with Crippen LogP contribution in [0.2, 0.25) is 0 Å². The van der Waals surface area contributed by atoms with Gasteiger partial charge < -0.3 is 19.6 Å². The van der Waals surface area contributed by atoms with Crippen LogP contribution >= 0.6 is 0 Å². The van der Waals surface area contributed by atoms with E-state index in [0.717, 1.165) is 19.3 Å². The summed E-state index contributed by atoms with van der Waals surface area (Å²) < 4.78 is 10.8. The molecule has 2 fully saturated rings. The van der Waals surface area contributed by atoms with E-state index in [9.17, 15) is 9.59 Å². The smallest absolute Gasteiger partial charge is 0.371 e. The molecule has 0 aromatic carbocycles. The summed E-state index contributed by atoms with van der Waals surface area (Å²) in [6.45, 7) is 2.67. The van der Waals surface area contributed by atoms with Crippen LogP contribution in [0.25, 0.3) is 0 Å². The van der Waals surface area contributed by atoms with E-state index in [1.165, 1.54) is 18.6 Å². The van der Waals surface area contributed by atoms with Gasteiger partial charge in [0.2, 0.25) is 5.76 Å². The van der Waals surface area contributed by atoms with Crippen molar-refractivity contribution >= 4 is 11.9 Å². The number of aromatic carboxylic acids is 1. The molecule has 114 valence electrons. The fourth-order valence-corrected chi connectivity index (χ4v) is 3.44. The fraction of sp³-hybridized carbons (Fsp3) is 0.600. The lowest BCUT2D eigenvalue weighted by Gasteiger charge is -2.60. The number of carboxylic acids is 1. The number of hydrogen-bond donors (Lipinski definition) is 2. The molecule has 6 heteroatoms. The normalized spacial score (nSPS) is 26.0. The van der Waals surface area contributed by atoms with Gasteiger partial charge in [0.05, 0.1) is 6.10 Å². The molecular formula is C15H19NO5. The molecule has 1 amide bonds. The standard InChI is InChI=1S/C15H19NO5/c1-2-20-12-8-11(15(12)6-3-7-15)16-13(17)9-4-5-10(21-9)14(18)19/h4-5,11-12H,2-3,6-8H2,1H3,(H,16,17)(H,18,19)/t11-,12+/m1/s1. The van der Waals surface area contributed by atoms with E-state index in [1.807, 2.05) is 6.92 Å². The molecule has 2 aliphatic carbocycles. The van der Waals surface area contributed by atoms with Crippen molar-refractivity contribution in [1.29, 1.82) is 0 Å². The molecule has 3 rings (SSSR count). The zero-order valence-electron chi connectivity index (χ0n) is 11.9. The Kier molecular flexibility index (Phi) is 3.49. The van der Waals surface area contributed by atoms with Gasteiger partial charge in [0.15, 0.2) is 5.76 Å². The van der Waals surface area contributed by atoms with Gasteiger partial charge in [-0.1, -0.05) is 6.42 Å². The van der Waals surface area contributed by atoms with E-state index in [0.29, 0.717) is 6.61 Å². The highest BCUT2D eigenvalue weighted by Gasteiger charge is 2.59. The van der Waals surface area contributed by atoms with Crippen LogP contribution in [0, 0.1) is 5.41 Å². The third-order valence-electron chi connectivity index (χ3n) is 4.78. The summed E-state index contributed by atoms with van der Waals surface area (Å²) in [6, 6.07) is 2.78. The van der Waals surface area contributed by atoms with Crippen molar-refractivity contribution in [3.63, 3.8) is 0 Å². The van der Waals surface area contributed by atoms with Gasteiger partial charge in [0.25, 0.3) is 5.91 Å². The number of furan rings is 1. The third-order valence-corrected chi connectivity index (χ3v) is 4.78. The highest BCUT2D eigenvalue weighted by molar-refractivity contribution is 5.93. The highest BCUT2D eigenvalue weighted by Crippen LogP contribution is 2.57. The maximum Gasteiger partial charge on any atom is 0.371 e. The minimum absolute atomic E-state index is 0.0433. The number of ether oxygens (including phenoxy) is 1. The van der Waals surface area contributed by atoms with Crippen LogP contribution < -0.4 is 5.32 Å². The fourth-order valence-electron chi connectivity index (χ4n) is 3.44. The Labute approximate surface area is 122 Å². The molecule has 0 bridgehead atoms. The first kappa shape index (κ1) is 14.1. The topological polar surface area (TPSA) is 88.8 Å². The number of amides is 1. The number of carbonyl (C=O) groups excluding carboxylic acids is 1. The lowest BCUT2D eigenvalue weighted by molar-refractivity contribution is -0.169. The summed E-state index contributed by atoms with van der Waals surface area (Å²) in [5, 5.41) is 11.8. The van der Waals surface area contributed by atoms with Gasteiger partial charge in [-0.2, -0.15) is 0 Å². The van der Waals surface area contributed by atoms with Crippen molar-refractivity contribution in [2.75, 3.05) is 6.61 Å². The summed E-state index contributed by atoms with van der Waals surface area (Å²) in [6.07, 6.45) is 4.35. The summed E-state index contributed by atoms with van der Waals surface area (Å²) >= 11 is 0. The van der Waals surface area contributed by atoms with Crippen LogP contribution in [-0.2, 0) is 4.74 Å². The van der Waals surface area contributed by atoms with Gasteiger partial charge in [-0.15, -0.1) is 0 Å². The van der Waals surface area contributed by atoms with Crippen LogP contribution in [0.3, 0.4) is 0 Å². The molecule has 21 heavy (non-hydrogen) atoms. The second-order valence-corrected chi connectivity index (χ2v) is 5.76. The molecule has 0 unspecified atom stereocenters. The number of nitrogens with one attached hydrogen (secondary N) is 1. The van der Waals surface area contributed by atoms with Crippen LogP contribution in [0.5, 0.6) is 0 Å². The van der Waals surface area contributed by atoms with Crippen LogP contribution in [-0.4, -0.2) is 35.7 Å². The summed E-state index contributed by atoms with van der Waals surface area (Å²) in [7, 11) is 0. The molecule has 6 nitrogen and oxygen atoms in total. The van der Waals surface area contributed by atoms with E-state index in [4.69, 9.17) is 14.3 Å². The minimum atomic E-state index is -1.18. The zero-order chi connectivity index (χ0) is 15.0. The minimum Gasteiger partial charge on any atom is -0.475 e. The van der Waals surface area contributed by atoms with Crippen LogP contribution in [0.1, 0.15) is 53.7 Å². The van der Waals surface area contributed by atoms with E-state index in [2.05, 4.69) is 5.32 Å². The molecule has 0 radical (unpaired) electrons. The van der Waals surface area contributed by atoms with Crippen molar-refractivity contribution in [3.8, 4) is 0 Å². The average molecular weight is 293 g/mol. The van der Waals surface area contributed by atoms with Gasteiger partial charge in [0.1, 0.15) is 0 Å². The Balaban J connectivity index is 1.64. The number of carboxylic acid groups (broad SMARTS) is 1. The second kappa shape index (κ2) is 5.18. The molecular weight excluding hydrogens is 274 g/mol. The average Bonchev–Trinajstić information content (AvgIpc) is 2.85. The maximum absolute atomic E-state index is 12.1. The van der Waals surface area contributed by atoms with E-state index < -0.39 is 5.97 Å². The first-order valence-corrected chi connectivity index (χ1v) is 7.32. The predicted octanol–water partition coefficient (Wildman–Crippen LogP) is 2.06. The SMILES string of the molecule is CCO[C@H]1C[C@@H](NC(=O)c2ccc(C(=O)O)o2)C12CCC2. The van der Waals surface area contributed by atoms with Gasteiger partial charge in [-0.3, -0.25) is 4.79 Å².